The Hall–Kier alpha value is -3.84. The Morgan fingerprint density at radius 3 is 2.42 bits per heavy atom. The number of aromatic nitrogens is 7. The number of carbonyl (C=O) groups excluding carboxylic acids is 1. The summed E-state index contributed by atoms with van der Waals surface area (Å²) in [6.07, 6.45) is 7.23. The average molecular weight is 632 g/mol. The molecule has 2 aliphatic heterocycles. The second kappa shape index (κ2) is 12.2. The molecule has 0 radical (unpaired) electrons. The van der Waals surface area contributed by atoms with E-state index < -0.39 is 13.7 Å². The van der Waals surface area contributed by atoms with Gasteiger partial charge in [0.15, 0.2) is 5.82 Å². The van der Waals surface area contributed by atoms with Crippen molar-refractivity contribution >= 4 is 31.0 Å². The summed E-state index contributed by atoms with van der Waals surface area (Å²) >= 11 is 0. The molecule has 6 rings (SSSR count). The summed E-state index contributed by atoms with van der Waals surface area (Å²) in [5, 5.41) is 22.8. The number of amides is 1. The Kier molecular flexibility index (Phi) is 8.42. The molecule has 1 amide bonds. The maximum atomic E-state index is 12.9. The maximum Gasteiger partial charge on any atom is 0.410 e. The molecular formula is C32H45N9O3Si. The highest BCUT2D eigenvalue weighted by Crippen LogP contribution is 2.39. The van der Waals surface area contributed by atoms with Crippen LogP contribution in [0, 0.1) is 0 Å². The van der Waals surface area contributed by atoms with Crippen LogP contribution in [0.15, 0.2) is 42.7 Å². The van der Waals surface area contributed by atoms with E-state index in [4.69, 9.17) is 14.6 Å². The molecule has 12 nitrogen and oxygen atoms in total. The van der Waals surface area contributed by atoms with Gasteiger partial charge in [0.2, 0.25) is 0 Å². The molecule has 13 heteroatoms. The molecule has 0 spiro atoms. The third-order valence-corrected chi connectivity index (χ3v) is 10.5. The zero-order valence-corrected chi connectivity index (χ0v) is 28.5. The molecule has 5 heterocycles. The highest BCUT2D eigenvalue weighted by atomic mass is 28.3. The van der Waals surface area contributed by atoms with E-state index in [1.54, 1.807) is 15.6 Å². The molecule has 2 bridgehead atoms. The van der Waals surface area contributed by atoms with Crippen molar-refractivity contribution in [2.75, 3.05) is 18.6 Å². The van der Waals surface area contributed by atoms with E-state index in [0.29, 0.717) is 13.3 Å². The molecular weight excluding hydrogens is 586 g/mol. The molecule has 0 unspecified atom stereocenters. The first kappa shape index (κ1) is 31.2. The van der Waals surface area contributed by atoms with Crippen molar-refractivity contribution in [3.05, 3.63) is 42.7 Å². The molecule has 3 atom stereocenters. The van der Waals surface area contributed by atoms with Crippen molar-refractivity contribution < 1.29 is 14.3 Å². The lowest BCUT2D eigenvalue weighted by molar-refractivity contribution is 0.00596. The van der Waals surface area contributed by atoms with Crippen molar-refractivity contribution in [3.8, 4) is 16.9 Å². The minimum absolute atomic E-state index is 0.181. The van der Waals surface area contributed by atoms with E-state index in [-0.39, 0.29) is 24.2 Å². The Bertz CT molecular complexity index is 1610. The molecule has 0 N–H and O–H groups in total. The van der Waals surface area contributed by atoms with E-state index in [1.807, 2.05) is 62.2 Å². The summed E-state index contributed by atoms with van der Waals surface area (Å²) in [6, 6.07) is 11.6. The average Bonchev–Trinajstić information content (AvgIpc) is 3.72. The van der Waals surface area contributed by atoms with Crippen molar-refractivity contribution in [1.82, 2.24) is 39.9 Å². The van der Waals surface area contributed by atoms with E-state index in [9.17, 15) is 4.79 Å². The summed E-state index contributed by atoms with van der Waals surface area (Å²) in [7, 11) is 0.856. The zero-order chi connectivity index (χ0) is 31.9. The first-order valence-corrected chi connectivity index (χ1v) is 19.6. The fraction of sp³-hybridized carbons (Fsp3) is 0.562. The van der Waals surface area contributed by atoms with Crippen LogP contribution in [0.4, 0.5) is 10.6 Å². The lowest BCUT2D eigenvalue weighted by atomic mass is 9.96. The number of hydrogen-bond acceptors (Lipinski definition) is 9. The van der Waals surface area contributed by atoms with E-state index in [0.717, 1.165) is 65.5 Å². The van der Waals surface area contributed by atoms with Crippen LogP contribution >= 0.6 is 0 Å². The fourth-order valence-corrected chi connectivity index (χ4v) is 7.17. The van der Waals surface area contributed by atoms with Gasteiger partial charge in [-0.15, -0.1) is 15.3 Å². The number of rotatable bonds is 9. The summed E-state index contributed by atoms with van der Waals surface area (Å²) in [5.74, 6) is 0.805. The summed E-state index contributed by atoms with van der Waals surface area (Å²) in [6.45, 7) is 13.8. The number of nitrogens with zero attached hydrogens (tertiary/aromatic N) is 9. The van der Waals surface area contributed by atoms with Crippen molar-refractivity contribution in [2.45, 2.75) is 103 Å². The van der Waals surface area contributed by atoms with Gasteiger partial charge in [0.25, 0.3) is 0 Å². The van der Waals surface area contributed by atoms with Gasteiger partial charge in [-0.3, -0.25) is 0 Å². The van der Waals surface area contributed by atoms with E-state index in [2.05, 4.69) is 52.1 Å². The Labute approximate surface area is 265 Å². The zero-order valence-electron chi connectivity index (χ0n) is 27.5. The third-order valence-electron chi connectivity index (χ3n) is 8.75. The molecule has 0 aliphatic carbocycles. The molecule has 2 saturated heterocycles. The van der Waals surface area contributed by atoms with Gasteiger partial charge in [0.1, 0.15) is 23.4 Å². The summed E-state index contributed by atoms with van der Waals surface area (Å²) in [5.41, 5.74) is 3.50. The second-order valence-electron chi connectivity index (χ2n) is 14.5. The number of carbonyl (C=O) groups is 1. The van der Waals surface area contributed by atoms with Crippen LogP contribution in [0.1, 0.15) is 46.5 Å². The van der Waals surface area contributed by atoms with Crippen LogP contribution in [0.5, 0.6) is 0 Å². The Balaban J connectivity index is 1.22. The first-order valence-electron chi connectivity index (χ1n) is 15.9. The molecule has 1 aromatic carbocycles. The van der Waals surface area contributed by atoms with E-state index in [1.165, 1.54) is 0 Å². The van der Waals surface area contributed by atoms with Crippen molar-refractivity contribution in [1.29, 1.82) is 0 Å². The van der Waals surface area contributed by atoms with Gasteiger partial charge in [-0.05, 0) is 82.8 Å². The van der Waals surface area contributed by atoms with Crippen molar-refractivity contribution in [3.63, 3.8) is 0 Å². The molecule has 3 aromatic heterocycles. The molecule has 4 aromatic rings. The van der Waals surface area contributed by atoms with Gasteiger partial charge in [-0.2, -0.15) is 5.10 Å². The second-order valence-corrected chi connectivity index (χ2v) is 20.1. The number of piperidine rings is 1. The lowest BCUT2D eigenvalue weighted by Gasteiger charge is -2.42. The predicted octanol–water partition coefficient (Wildman–Crippen LogP) is 5.75. The molecule has 45 heavy (non-hydrogen) atoms. The standard InChI is InChI=1S/C32H45N9O3Si/c1-32(2,3)44-31(42)41-22-9-10-23(41)20-24(19-22)38(4)28-14-12-26(34-35-28)25-11-13-27(39-16-8-15-33-39)29-30(25)40(37-36-29)21-43-17-18-45(5,6)7/h8,11-16,22-24H,9-10,17-21H2,1-7H3/t22-,23+,24-. The Morgan fingerprint density at radius 2 is 1.80 bits per heavy atom. The van der Waals surface area contributed by atoms with Crippen LogP contribution in [0.3, 0.4) is 0 Å². The summed E-state index contributed by atoms with van der Waals surface area (Å²) in [4.78, 5) is 17.1. The molecule has 240 valence electrons. The quantitative estimate of drug-likeness (QED) is 0.168. The largest absolute Gasteiger partial charge is 0.444 e. The maximum absolute atomic E-state index is 12.9. The van der Waals surface area contributed by atoms with E-state index >= 15 is 0 Å². The van der Waals surface area contributed by atoms with Crippen LogP contribution in [0.2, 0.25) is 25.7 Å². The number of hydrogen-bond donors (Lipinski definition) is 0. The molecule has 0 saturated carbocycles. The van der Waals surface area contributed by atoms with Gasteiger partial charge in [-0.1, -0.05) is 24.9 Å². The lowest BCUT2D eigenvalue weighted by Crippen LogP contribution is -2.53. The first-order chi connectivity index (χ1) is 21.4. The highest BCUT2D eigenvalue weighted by molar-refractivity contribution is 6.76. The number of ether oxygens (including phenoxy) is 2. The Morgan fingerprint density at radius 1 is 1.04 bits per heavy atom. The highest BCUT2D eigenvalue weighted by Gasteiger charge is 2.46. The molecule has 2 aliphatic rings. The van der Waals surface area contributed by atoms with Crippen molar-refractivity contribution in [2.24, 2.45) is 0 Å². The van der Waals surface area contributed by atoms with Gasteiger partial charge in [-0.25, -0.2) is 14.2 Å². The smallest absolute Gasteiger partial charge is 0.410 e. The predicted molar refractivity (Wildman–Crippen MR) is 176 cm³/mol. The van der Waals surface area contributed by atoms with Gasteiger partial charge >= 0.3 is 6.09 Å². The van der Waals surface area contributed by atoms with Gasteiger partial charge in [0, 0.05) is 57.8 Å². The number of anilines is 1. The minimum atomic E-state index is -1.22. The van der Waals surface area contributed by atoms with Crippen LogP contribution in [-0.4, -0.2) is 91.4 Å². The monoisotopic (exact) mass is 631 g/mol. The number of benzene rings is 1. The number of fused-ring (bicyclic) bond motifs is 3. The van der Waals surface area contributed by atoms with Crippen LogP contribution < -0.4 is 4.90 Å². The van der Waals surface area contributed by atoms with Crippen LogP contribution in [-0.2, 0) is 16.2 Å². The normalized spacial score (nSPS) is 20.2. The minimum Gasteiger partial charge on any atom is -0.444 e. The SMILES string of the molecule is CN(c1ccc(-c2ccc(-n3cccn3)c3nnn(COCC[Si](C)(C)C)c23)nn1)[C@@H]1C[C@H]2CC[C@@H](C1)N2C(=O)OC(C)(C)C. The fourth-order valence-electron chi connectivity index (χ4n) is 6.42. The van der Waals surface area contributed by atoms with Gasteiger partial charge in [0.05, 0.1) is 11.4 Å². The summed E-state index contributed by atoms with van der Waals surface area (Å²) < 4.78 is 15.4. The molecule has 2 fully saturated rings. The third kappa shape index (κ3) is 6.74. The van der Waals surface area contributed by atoms with Crippen LogP contribution in [0.25, 0.3) is 28.0 Å². The topological polar surface area (TPSA) is 116 Å². The van der Waals surface area contributed by atoms with Gasteiger partial charge < -0.3 is 19.3 Å².